The number of ketones is 1. The maximum atomic E-state index is 12.0. The Hall–Kier alpha value is -2.95. The first kappa shape index (κ1) is 16.4. The van der Waals surface area contributed by atoms with Crippen LogP contribution in [-0.4, -0.2) is 23.8 Å². The summed E-state index contributed by atoms with van der Waals surface area (Å²) >= 11 is 0. The summed E-state index contributed by atoms with van der Waals surface area (Å²) in [5, 5.41) is 2.64. The van der Waals surface area contributed by atoms with Crippen molar-refractivity contribution in [2.24, 2.45) is 0 Å². The molecule has 1 N–H and O–H groups in total. The van der Waals surface area contributed by atoms with E-state index in [1.807, 2.05) is 0 Å². The third kappa shape index (κ3) is 4.51. The molecule has 2 rings (SSSR count). The molecule has 118 valence electrons. The first-order valence-corrected chi connectivity index (χ1v) is 7.15. The standard InChI is InChI=1S/C18H17NO4/c1-12(20)14-8-10-16(11-9-14)19-17(21)13(2)23-18(22)15-6-4-3-5-7-15/h3-11,13H,1-2H3,(H,19,21). The van der Waals surface area contributed by atoms with Crippen molar-refractivity contribution in [3.63, 3.8) is 0 Å². The van der Waals surface area contributed by atoms with Crippen LogP contribution in [0.2, 0.25) is 0 Å². The Morgan fingerprint density at radius 1 is 0.913 bits per heavy atom. The Balaban J connectivity index is 1.94. The lowest BCUT2D eigenvalue weighted by Gasteiger charge is -2.13. The van der Waals surface area contributed by atoms with Crippen molar-refractivity contribution in [2.75, 3.05) is 5.32 Å². The average molecular weight is 311 g/mol. The highest BCUT2D eigenvalue weighted by atomic mass is 16.5. The van der Waals surface area contributed by atoms with Crippen molar-refractivity contribution < 1.29 is 19.1 Å². The van der Waals surface area contributed by atoms with Gasteiger partial charge in [-0.2, -0.15) is 0 Å². The topological polar surface area (TPSA) is 72.5 Å². The number of benzene rings is 2. The number of rotatable bonds is 5. The molecule has 0 radical (unpaired) electrons. The molecule has 2 aromatic carbocycles. The number of nitrogens with one attached hydrogen (secondary N) is 1. The Bertz CT molecular complexity index is 708. The highest BCUT2D eigenvalue weighted by molar-refractivity contribution is 5.98. The second kappa shape index (κ2) is 7.35. The molecule has 0 aliphatic rings. The average Bonchev–Trinajstić information content (AvgIpc) is 2.56. The quantitative estimate of drug-likeness (QED) is 0.680. The van der Waals surface area contributed by atoms with E-state index in [0.29, 0.717) is 16.8 Å². The van der Waals surface area contributed by atoms with Crippen LogP contribution in [0.4, 0.5) is 5.69 Å². The molecule has 0 aliphatic carbocycles. The maximum Gasteiger partial charge on any atom is 0.338 e. The molecular weight excluding hydrogens is 294 g/mol. The molecular formula is C18H17NO4. The number of ether oxygens (including phenoxy) is 1. The number of carbonyl (C=O) groups is 3. The van der Waals surface area contributed by atoms with Gasteiger partial charge >= 0.3 is 5.97 Å². The van der Waals surface area contributed by atoms with Gasteiger partial charge in [0.05, 0.1) is 5.56 Å². The highest BCUT2D eigenvalue weighted by Gasteiger charge is 2.18. The van der Waals surface area contributed by atoms with Crippen LogP contribution in [0.1, 0.15) is 34.6 Å². The van der Waals surface area contributed by atoms with E-state index in [-0.39, 0.29) is 5.78 Å². The molecule has 0 aliphatic heterocycles. The largest absolute Gasteiger partial charge is 0.449 e. The zero-order valence-corrected chi connectivity index (χ0v) is 12.9. The van der Waals surface area contributed by atoms with Gasteiger partial charge in [-0.05, 0) is 50.2 Å². The van der Waals surface area contributed by atoms with Crippen LogP contribution >= 0.6 is 0 Å². The normalized spacial score (nSPS) is 11.4. The minimum absolute atomic E-state index is 0.0481. The number of Topliss-reactive ketones (excluding diaryl/α,β-unsaturated/α-hetero) is 1. The molecule has 5 nitrogen and oxygen atoms in total. The Morgan fingerprint density at radius 3 is 2.09 bits per heavy atom. The van der Waals surface area contributed by atoms with Gasteiger partial charge in [0, 0.05) is 11.3 Å². The van der Waals surface area contributed by atoms with Gasteiger partial charge in [0.1, 0.15) is 0 Å². The number of hydrogen-bond acceptors (Lipinski definition) is 4. The predicted molar refractivity (Wildman–Crippen MR) is 86.4 cm³/mol. The lowest BCUT2D eigenvalue weighted by Crippen LogP contribution is -2.30. The van der Waals surface area contributed by atoms with Crippen LogP contribution < -0.4 is 5.32 Å². The van der Waals surface area contributed by atoms with Crippen LogP contribution in [0.25, 0.3) is 0 Å². The van der Waals surface area contributed by atoms with Gasteiger partial charge in [-0.1, -0.05) is 18.2 Å². The summed E-state index contributed by atoms with van der Waals surface area (Å²) in [6.45, 7) is 2.97. The molecule has 1 unspecified atom stereocenters. The molecule has 5 heteroatoms. The van der Waals surface area contributed by atoms with E-state index in [1.54, 1.807) is 54.6 Å². The third-order valence-electron chi connectivity index (χ3n) is 3.22. The predicted octanol–water partition coefficient (Wildman–Crippen LogP) is 3.07. The van der Waals surface area contributed by atoms with Crippen LogP contribution in [0.15, 0.2) is 54.6 Å². The molecule has 2 aromatic rings. The van der Waals surface area contributed by atoms with E-state index in [2.05, 4.69) is 5.32 Å². The Morgan fingerprint density at radius 2 is 1.52 bits per heavy atom. The number of esters is 1. The Labute approximate surface area is 134 Å². The van der Waals surface area contributed by atoms with Gasteiger partial charge in [0.25, 0.3) is 5.91 Å². The number of carbonyl (C=O) groups excluding carboxylic acids is 3. The summed E-state index contributed by atoms with van der Waals surface area (Å²) in [4.78, 5) is 35.1. The summed E-state index contributed by atoms with van der Waals surface area (Å²) in [6, 6.07) is 15.0. The van der Waals surface area contributed by atoms with E-state index >= 15 is 0 Å². The van der Waals surface area contributed by atoms with Crippen LogP contribution in [0, 0.1) is 0 Å². The lowest BCUT2D eigenvalue weighted by molar-refractivity contribution is -0.123. The number of hydrogen-bond donors (Lipinski definition) is 1. The molecule has 1 atom stereocenters. The zero-order valence-electron chi connectivity index (χ0n) is 12.9. The first-order valence-electron chi connectivity index (χ1n) is 7.15. The number of anilines is 1. The van der Waals surface area contributed by atoms with Crippen molar-refractivity contribution in [1.82, 2.24) is 0 Å². The van der Waals surface area contributed by atoms with Crippen LogP contribution in [0.5, 0.6) is 0 Å². The molecule has 1 amide bonds. The van der Waals surface area contributed by atoms with Crippen molar-refractivity contribution >= 4 is 23.3 Å². The molecule has 0 bridgehead atoms. The van der Waals surface area contributed by atoms with Gasteiger partial charge < -0.3 is 10.1 Å². The minimum atomic E-state index is -0.935. The molecule has 0 spiro atoms. The molecule has 0 heterocycles. The van der Waals surface area contributed by atoms with Gasteiger partial charge in [-0.25, -0.2) is 4.79 Å². The van der Waals surface area contributed by atoms with Crippen molar-refractivity contribution in [3.05, 3.63) is 65.7 Å². The molecule has 23 heavy (non-hydrogen) atoms. The minimum Gasteiger partial charge on any atom is -0.449 e. The Kier molecular flexibility index (Phi) is 5.25. The van der Waals surface area contributed by atoms with Gasteiger partial charge in [-0.15, -0.1) is 0 Å². The second-order valence-electron chi connectivity index (χ2n) is 5.04. The first-order chi connectivity index (χ1) is 11.0. The van der Waals surface area contributed by atoms with Gasteiger partial charge in [0.15, 0.2) is 11.9 Å². The van der Waals surface area contributed by atoms with E-state index in [0.717, 1.165) is 0 Å². The summed E-state index contributed by atoms with van der Waals surface area (Å²) < 4.78 is 5.13. The molecule has 0 fully saturated rings. The fourth-order valence-electron chi connectivity index (χ4n) is 1.89. The maximum absolute atomic E-state index is 12.0. The molecule has 0 saturated heterocycles. The molecule has 0 aromatic heterocycles. The SMILES string of the molecule is CC(=O)c1ccc(NC(=O)C(C)OC(=O)c2ccccc2)cc1. The van der Waals surface area contributed by atoms with E-state index < -0.39 is 18.0 Å². The third-order valence-corrected chi connectivity index (χ3v) is 3.22. The van der Waals surface area contributed by atoms with Gasteiger partial charge in [-0.3, -0.25) is 9.59 Å². The van der Waals surface area contributed by atoms with E-state index in [9.17, 15) is 14.4 Å². The lowest BCUT2D eigenvalue weighted by atomic mass is 10.1. The summed E-state index contributed by atoms with van der Waals surface area (Å²) in [6.07, 6.45) is -0.935. The van der Waals surface area contributed by atoms with Crippen LogP contribution in [0.3, 0.4) is 0 Å². The van der Waals surface area contributed by atoms with Gasteiger partial charge in [0.2, 0.25) is 0 Å². The fraction of sp³-hybridized carbons (Fsp3) is 0.167. The van der Waals surface area contributed by atoms with Crippen molar-refractivity contribution in [3.8, 4) is 0 Å². The molecule has 0 saturated carbocycles. The second-order valence-corrected chi connectivity index (χ2v) is 5.04. The fourth-order valence-corrected chi connectivity index (χ4v) is 1.89. The summed E-state index contributed by atoms with van der Waals surface area (Å²) in [7, 11) is 0. The number of amides is 1. The van der Waals surface area contributed by atoms with E-state index in [4.69, 9.17) is 4.74 Å². The smallest absolute Gasteiger partial charge is 0.338 e. The zero-order chi connectivity index (χ0) is 16.8. The summed E-state index contributed by atoms with van der Waals surface area (Å²) in [5.74, 6) is -1.04. The van der Waals surface area contributed by atoms with Crippen LogP contribution in [-0.2, 0) is 9.53 Å². The highest BCUT2D eigenvalue weighted by Crippen LogP contribution is 2.11. The van der Waals surface area contributed by atoms with E-state index in [1.165, 1.54) is 13.8 Å². The van der Waals surface area contributed by atoms with Crippen molar-refractivity contribution in [2.45, 2.75) is 20.0 Å². The summed E-state index contributed by atoms with van der Waals surface area (Å²) in [5.41, 5.74) is 1.48. The monoisotopic (exact) mass is 311 g/mol. The van der Waals surface area contributed by atoms with Crippen molar-refractivity contribution in [1.29, 1.82) is 0 Å².